The van der Waals surface area contributed by atoms with E-state index in [1.165, 1.54) is 11.0 Å². The van der Waals surface area contributed by atoms with Crippen molar-refractivity contribution in [1.82, 2.24) is 9.80 Å². The molecule has 7 heteroatoms. The van der Waals surface area contributed by atoms with Gasteiger partial charge in [-0.05, 0) is 48.7 Å². The number of ether oxygens (including phenoxy) is 2. The average molecular weight is 408 g/mol. The van der Waals surface area contributed by atoms with Crippen molar-refractivity contribution in [1.29, 1.82) is 0 Å². The molecule has 3 amide bonds. The summed E-state index contributed by atoms with van der Waals surface area (Å²) in [6.45, 7) is 1.33. The number of carbonyl (C=O) groups is 3. The van der Waals surface area contributed by atoms with Gasteiger partial charge in [0.15, 0.2) is 0 Å². The largest absolute Gasteiger partial charge is 0.497 e. The molecule has 1 fully saturated rings. The first-order chi connectivity index (χ1) is 14.5. The number of imide groups is 1. The van der Waals surface area contributed by atoms with Crippen LogP contribution in [0.15, 0.2) is 42.5 Å². The molecule has 2 aliphatic rings. The fraction of sp³-hybridized carbons (Fsp3) is 0.348. The van der Waals surface area contributed by atoms with Crippen LogP contribution in [0, 0.1) is 0 Å². The number of carbonyl (C=O) groups excluding carboxylic acids is 3. The second-order valence-electron chi connectivity index (χ2n) is 7.63. The molecular weight excluding hydrogens is 384 g/mol. The number of hydrogen-bond acceptors (Lipinski definition) is 5. The molecule has 30 heavy (non-hydrogen) atoms. The van der Waals surface area contributed by atoms with E-state index in [-0.39, 0.29) is 35.9 Å². The van der Waals surface area contributed by atoms with Gasteiger partial charge < -0.3 is 14.4 Å². The Morgan fingerprint density at radius 3 is 2.53 bits per heavy atom. The van der Waals surface area contributed by atoms with Crippen LogP contribution in [-0.4, -0.2) is 60.9 Å². The Morgan fingerprint density at radius 1 is 1.13 bits per heavy atom. The number of fused-ring (bicyclic) bond motifs is 1. The van der Waals surface area contributed by atoms with Crippen molar-refractivity contribution >= 4 is 17.7 Å². The number of methoxy groups -OCH3 is 1. The lowest BCUT2D eigenvalue weighted by Gasteiger charge is -2.18. The molecule has 0 bridgehead atoms. The van der Waals surface area contributed by atoms with Crippen molar-refractivity contribution in [3.05, 3.63) is 64.7 Å². The van der Waals surface area contributed by atoms with Gasteiger partial charge in [-0.1, -0.05) is 12.1 Å². The minimum Gasteiger partial charge on any atom is -0.497 e. The maximum atomic E-state index is 12.9. The molecule has 2 aromatic rings. The Labute approximate surface area is 175 Å². The van der Waals surface area contributed by atoms with Crippen LogP contribution >= 0.6 is 0 Å². The Kier molecular flexibility index (Phi) is 5.55. The van der Waals surface area contributed by atoms with E-state index in [4.69, 9.17) is 9.47 Å². The van der Waals surface area contributed by atoms with E-state index < -0.39 is 0 Å². The molecule has 2 heterocycles. The molecule has 0 N–H and O–H groups in total. The highest BCUT2D eigenvalue weighted by Crippen LogP contribution is 2.26. The number of hydrogen-bond donors (Lipinski definition) is 0. The van der Waals surface area contributed by atoms with Crippen LogP contribution in [0.5, 0.6) is 5.75 Å². The van der Waals surface area contributed by atoms with Crippen molar-refractivity contribution in [3.8, 4) is 5.75 Å². The maximum absolute atomic E-state index is 12.9. The van der Waals surface area contributed by atoms with Gasteiger partial charge in [0.25, 0.3) is 17.7 Å². The summed E-state index contributed by atoms with van der Waals surface area (Å²) in [6.07, 6.45) is 1.67. The van der Waals surface area contributed by atoms with Gasteiger partial charge in [-0.25, -0.2) is 0 Å². The predicted molar refractivity (Wildman–Crippen MR) is 110 cm³/mol. The summed E-state index contributed by atoms with van der Waals surface area (Å²) < 4.78 is 10.7. The molecule has 7 nitrogen and oxygen atoms in total. The van der Waals surface area contributed by atoms with E-state index in [0.29, 0.717) is 24.3 Å². The molecule has 0 radical (unpaired) electrons. The topological polar surface area (TPSA) is 76.2 Å². The van der Waals surface area contributed by atoms with Crippen LogP contribution in [0.3, 0.4) is 0 Å². The molecule has 0 aromatic heterocycles. The highest BCUT2D eigenvalue weighted by atomic mass is 16.5. The Morgan fingerprint density at radius 2 is 1.87 bits per heavy atom. The lowest BCUT2D eigenvalue weighted by Crippen LogP contribution is -2.36. The highest BCUT2D eigenvalue weighted by molar-refractivity contribution is 6.22. The van der Waals surface area contributed by atoms with Crippen LogP contribution in [-0.2, 0) is 11.3 Å². The van der Waals surface area contributed by atoms with Crippen LogP contribution < -0.4 is 4.74 Å². The fourth-order valence-electron chi connectivity index (χ4n) is 3.88. The van der Waals surface area contributed by atoms with Gasteiger partial charge in [-0.2, -0.15) is 0 Å². The summed E-state index contributed by atoms with van der Waals surface area (Å²) in [5.74, 6) is -0.150. The fourth-order valence-corrected chi connectivity index (χ4v) is 3.88. The number of benzene rings is 2. The van der Waals surface area contributed by atoms with Gasteiger partial charge in [0, 0.05) is 25.8 Å². The third-order valence-corrected chi connectivity index (χ3v) is 5.55. The number of rotatable bonds is 6. The standard InChI is InChI=1S/C23H24N2O5/c1-24(13-15-5-8-17(29-2)9-6-15)21(26)16-7-10-19-20(12-16)23(28)25(22(19)27)14-18-4-3-11-30-18/h5-10,12,18H,3-4,11,13-14H2,1-2H3. The van der Waals surface area contributed by atoms with Gasteiger partial charge in [-0.3, -0.25) is 19.3 Å². The van der Waals surface area contributed by atoms with E-state index in [9.17, 15) is 14.4 Å². The highest BCUT2D eigenvalue weighted by Gasteiger charge is 2.38. The van der Waals surface area contributed by atoms with E-state index in [0.717, 1.165) is 24.2 Å². The monoisotopic (exact) mass is 408 g/mol. The summed E-state index contributed by atoms with van der Waals surface area (Å²) in [5, 5.41) is 0. The minimum atomic E-state index is -0.363. The first-order valence-electron chi connectivity index (χ1n) is 9.98. The van der Waals surface area contributed by atoms with Crippen LogP contribution in [0.1, 0.15) is 49.5 Å². The van der Waals surface area contributed by atoms with Gasteiger partial charge in [0.2, 0.25) is 0 Å². The van der Waals surface area contributed by atoms with Crippen LogP contribution in [0.4, 0.5) is 0 Å². The van der Waals surface area contributed by atoms with E-state index in [1.54, 1.807) is 31.2 Å². The first-order valence-corrected chi connectivity index (χ1v) is 9.98. The third-order valence-electron chi connectivity index (χ3n) is 5.55. The van der Waals surface area contributed by atoms with E-state index in [2.05, 4.69) is 0 Å². The second kappa shape index (κ2) is 8.28. The molecule has 1 atom stereocenters. The average Bonchev–Trinajstić information content (AvgIpc) is 3.36. The zero-order valence-corrected chi connectivity index (χ0v) is 17.1. The molecular formula is C23H24N2O5. The van der Waals surface area contributed by atoms with E-state index in [1.807, 2.05) is 24.3 Å². The number of nitrogens with zero attached hydrogens (tertiary/aromatic N) is 2. The summed E-state index contributed by atoms with van der Waals surface area (Å²) in [7, 11) is 3.31. The summed E-state index contributed by atoms with van der Waals surface area (Å²) >= 11 is 0. The van der Waals surface area contributed by atoms with Gasteiger partial charge in [0.05, 0.1) is 30.9 Å². The van der Waals surface area contributed by atoms with Crippen molar-refractivity contribution < 1.29 is 23.9 Å². The summed E-state index contributed by atoms with van der Waals surface area (Å²) in [5.41, 5.74) is 1.96. The van der Waals surface area contributed by atoms with E-state index >= 15 is 0 Å². The normalized spacial score (nSPS) is 17.9. The Balaban J connectivity index is 1.48. The minimum absolute atomic E-state index is 0.107. The smallest absolute Gasteiger partial charge is 0.261 e. The SMILES string of the molecule is COc1ccc(CN(C)C(=O)c2ccc3c(c2)C(=O)N(CC2CCCO2)C3=O)cc1. The molecule has 0 saturated carbocycles. The van der Waals surface area contributed by atoms with Gasteiger partial charge in [0.1, 0.15) is 5.75 Å². The molecule has 2 aliphatic heterocycles. The number of amides is 3. The zero-order chi connectivity index (χ0) is 21.3. The van der Waals surface area contributed by atoms with Crippen molar-refractivity contribution in [2.45, 2.75) is 25.5 Å². The molecule has 1 saturated heterocycles. The van der Waals surface area contributed by atoms with Crippen molar-refractivity contribution in [2.75, 3.05) is 27.3 Å². The lowest BCUT2D eigenvalue weighted by molar-refractivity contribution is 0.0475. The molecule has 2 aromatic carbocycles. The molecule has 0 spiro atoms. The first kappa shape index (κ1) is 20.1. The second-order valence-corrected chi connectivity index (χ2v) is 7.63. The quantitative estimate of drug-likeness (QED) is 0.687. The molecule has 1 unspecified atom stereocenters. The molecule has 4 rings (SSSR count). The molecule has 0 aliphatic carbocycles. The maximum Gasteiger partial charge on any atom is 0.261 e. The molecule has 156 valence electrons. The summed E-state index contributed by atoms with van der Waals surface area (Å²) in [4.78, 5) is 41.2. The van der Waals surface area contributed by atoms with Crippen LogP contribution in [0.25, 0.3) is 0 Å². The summed E-state index contributed by atoms with van der Waals surface area (Å²) in [6, 6.07) is 12.2. The van der Waals surface area contributed by atoms with Crippen molar-refractivity contribution in [2.24, 2.45) is 0 Å². The lowest BCUT2D eigenvalue weighted by atomic mass is 10.0. The predicted octanol–water partition coefficient (Wildman–Crippen LogP) is 2.74. The Bertz CT molecular complexity index is 980. The zero-order valence-electron chi connectivity index (χ0n) is 17.1. The van der Waals surface area contributed by atoms with Crippen molar-refractivity contribution in [3.63, 3.8) is 0 Å². The van der Waals surface area contributed by atoms with Gasteiger partial charge >= 0.3 is 0 Å². The van der Waals surface area contributed by atoms with Crippen LogP contribution in [0.2, 0.25) is 0 Å². The Hall–Kier alpha value is -3.19. The van der Waals surface area contributed by atoms with Gasteiger partial charge in [-0.15, -0.1) is 0 Å². The third kappa shape index (κ3) is 3.80.